The van der Waals surface area contributed by atoms with Crippen LogP contribution >= 0.6 is 11.6 Å². The molecule has 15 heavy (non-hydrogen) atoms. The van der Waals surface area contributed by atoms with Crippen molar-refractivity contribution in [1.82, 2.24) is 0 Å². The van der Waals surface area contributed by atoms with Crippen LogP contribution in [0.4, 0.5) is 8.78 Å². The fourth-order valence-electron chi connectivity index (χ4n) is 1.19. The Balaban J connectivity index is 3.01. The van der Waals surface area contributed by atoms with E-state index in [1.54, 1.807) is 18.2 Å². The molecule has 0 N–H and O–H groups in total. The standard InChI is InChI=1S/C11H11ClF2O/c1-7(2)9-5-8(12)3-4-10(9)15-6-11(13)14/h3-7H,1-2H3. The molecule has 0 aliphatic heterocycles. The number of ether oxygens (including phenoxy) is 1. The van der Waals surface area contributed by atoms with E-state index in [-0.39, 0.29) is 5.92 Å². The molecule has 0 radical (unpaired) electrons. The van der Waals surface area contributed by atoms with Gasteiger partial charge >= 0.3 is 6.08 Å². The minimum atomic E-state index is -1.86. The highest BCUT2D eigenvalue weighted by Crippen LogP contribution is 2.29. The first-order chi connectivity index (χ1) is 7.00. The molecule has 0 saturated heterocycles. The summed E-state index contributed by atoms with van der Waals surface area (Å²) in [6.07, 6.45) is -1.44. The van der Waals surface area contributed by atoms with E-state index in [9.17, 15) is 8.78 Å². The van der Waals surface area contributed by atoms with Crippen molar-refractivity contribution >= 4 is 11.6 Å². The Bertz CT molecular complexity index is 371. The average Bonchev–Trinajstić information content (AvgIpc) is 2.15. The van der Waals surface area contributed by atoms with Gasteiger partial charge in [0.05, 0.1) is 0 Å². The molecule has 82 valence electrons. The van der Waals surface area contributed by atoms with Gasteiger partial charge in [-0.1, -0.05) is 25.4 Å². The minimum Gasteiger partial charge on any atom is -0.459 e. The number of hydrogen-bond acceptors (Lipinski definition) is 1. The van der Waals surface area contributed by atoms with Crippen LogP contribution in [0.3, 0.4) is 0 Å². The Labute approximate surface area is 92.3 Å². The molecule has 0 fully saturated rings. The average molecular weight is 233 g/mol. The second-order valence-corrected chi connectivity index (χ2v) is 3.80. The maximum atomic E-state index is 11.8. The zero-order chi connectivity index (χ0) is 11.4. The van der Waals surface area contributed by atoms with E-state index in [0.29, 0.717) is 17.0 Å². The van der Waals surface area contributed by atoms with E-state index < -0.39 is 6.08 Å². The van der Waals surface area contributed by atoms with E-state index in [0.717, 1.165) is 5.56 Å². The monoisotopic (exact) mass is 232 g/mol. The molecular weight excluding hydrogens is 222 g/mol. The molecule has 0 heterocycles. The smallest absolute Gasteiger partial charge is 0.305 e. The Morgan fingerprint density at radius 2 is 2.07 bits per heavy atom. The molecule has 0 spiro atoms. The summed E-state index contributed by atoms with van der Waals surface area (Å²) in [5.41, 5.74) is 0.806. The van der Waals surface area contributed by atoms with Crippen LogP contribution in [0.5, 0.6) is 5.75 Å². The van der Waals surface area contributed by atoms with Crippen LogP contribution in [0.15, 0.2) is 30.5 Å². The fraction of sp³-hybridized carbons (Fsp3) is 0.273. The molecule has 0 amide bonds. The lowest BCUT2D eigenvalue weighted by atomic mass is 10.0. The van der Waals surface area contributed by atoms with Gasteiger partial charge in [-0.2, -0.15) is 8.78 Å². The lowest BCUT2D eigenvalue weighted by Gasteiger charge is -2.11. The van der Waals surface area contributed by atoms with Gasteiger partial charge in [0.25, 0.3) is 0 Å². The maximum Gasteiger partial charge on any atom is 0.305 e. The lowest BCUT2D eigenvalue weighted by molar-refractivity contribution is 0.363. The normalized spacial score (nSPS) is 10.3. The SMILES string of the molecule is CC(C)c1cc(Cl)ccc1OC=C(F)F. The Hall–Kier alpha value is -1.09. The predicted molar refractivity (Wildman–Crippen MR) is 56.5 cm³/mol. The molecule has 0 bridgehead atoms. The zero-order valence-corrected chi connectivity index (χ0v) is 9.18. The van der Waals surface area contributed by atoms with Gasteiger partial charge in [-0.05, 0) is 29.7 Å². The number of halogens is 3. The Morgan fingerprint density at radius 3 is 2.60 bits per heavy atom. The highest BCUT2D eigenvalue weighted by molar-refractivity contribution is 6.30. The molecule has 4 heteroatoms. The van der Waals surface area contributed by atoms with Crippen LogP contribution in [-0.4, -0.2) is 0 Å². The first-order valence-electron chi connectivity index (χ1n) is 4.48. The van der Waals surface area contributed by atoms with Gasteiger partial charge in [-0.15, -0.1) is 0 Å². The van der Waals surface area contributed by atoms with Crippen molar-refractivity contribution in [2.24, 2.45) is 0 Å². The van der Waals surface area contributed by atoms with Crippen LogP contribution in [0.2, 0.25) is 5.02 Å². The highest BCUT2D eigenvalue weighted by Gasteiger charge is 2.08. The van der Waals surface area contributed by atoms with Crippen molar-refractivity contribution in [3.8, 4) is 5.75 Å². The van der Waals surface area contributed by atoms with Crippen molar-refractivity contribution in [2.75, 3.05) is 0 Å². The zero-order valence-electron chi connectivity index (χ0n) is 8.43. The summed E-state index contributed by atoms with van der Waals surface area (Å²) in [6.45, 7) is 3.88. The molecule has 1 aromatic rings. The summed E-state index contributed by atoms with van der Waals surface area (Å²) in [4.78, 5) is 0. The van der Waals surface area contributed by atoms with Crippen molar-refractivity contribution < 1.29 is 13.5 Å². The number of benzene rings is 1. The first-order valence-corrected chi connectivity index (χ1v) is 4.85. The second kappa shape index (κ2) is 5.12. The summed E-state index contributed by atoms with van der Waals surface area (Å²) < 4.78 is 28.5. The molecule has 0 unspecified atom stereocenters. The van der Waals surface area contributed by atoms with Crippen LogP contribution in [-0.2, 0) is 0 Å². The van der Waals surface area contributed by atoms with Gasteiger partial charge < -0.3 is 4.74 Å². The molecule has 0 aliphatic rings. The van der Waals surface area contributed by atoms with Crippen LogP contribution < -0.4 is 4.74 Å². The predicted octanol–water partition coefficient (Wildman–Crippen LogP) is 4.58. The third kappa shape index (κ3) is 3.51. The lowest BCUT2D eigenvalue weighted by Crippen LogP contribution is -1.93. The summed E-state index contributed by atoms with van der Waals surface area (Å²) in [5, 5.41) is 0.566. The van der Waals surface area contributed by atoms with Crippen molar-refractivity contribution in [1.29, 1.82) is 0 Å². The maximum absolute atomic E-state index is 11.8. The van der Waals surface area contributed by atoms with Crippen LogP contribution in [0.1, 0.15) is 25.3 Å². The number of rotatable bonds is 3. The molecule has 0 aromatic heterocycles. The second-order valence-electron chi connectivity index (χ2n) is 3.36. The van der Waals surface area contributed by atoms with E-state index >= 15 is 0 Å². The van der Waals surface area contributed by atoms with Gasteiger partial charge in [0, 0.05) is 5.02 Å². The van der Waals surface area contributed by atoms with Gasteiger partial charge in [-0.25, -0.2) is 0 Å². The third-order valence-electron chi connectivity index (χ3n) is 1.87. The quantitative estimate of drug-likeness (QED) is 0.693. The largest absolute Gasteiger partial charge is 0.459 e. The molecule has 0 aliphatic carbocycles. The van der Waals surface area contributed by atoms with Crippen molar-refractivity contribution in [2.45, 2.75) is 19.8 Å². The topological polar surface area (TPSA) is 9.23 Å². The summed E-state index contributed by atoms with van der Waals surface area (Å²) in [7, 11) is 0. The molecule has 1 rings (SSSR count). The van der Waals surface area contributed by atoms with Gasteiger partial charge in [-0.3, -0.25) is 0 Å². The highest BCUT2D eigenvalue weighted by atomic mass is 35.5. The van der Waals surface area contributed by atoms with Gasteiger partial charge in [0.1, 0.15) is 5.75 Å². The summed E-state index contributed by atoms with van der Waals surface area (Å²) >= 11 is 5.80. The van der Waals surface area contributed by atoms with Crippen LogP contribution in [0.25, 0.3) is 0 Å². The van der Waals surface area contributed by atoms with Crippen molar-refractivity contribution in [3.05, 3.63) is 41.1 Å². The summed E-state index contributed by atoms with van der Waals surface area (Å²) in [5.74, 6) is 0.567. The molecule has 1 nitrogen and oxygen atoms in total. The van der Waals surface area contributed by atoms with Gasteiger partial charge in [0.15, 0.2) is 6.26 Å². The molecule has 0 saturated carbocycles. The summed E-state index contributed by atoms with van der Waals surface area (Å²) in [6, 6.07) is 4.90. The van der Waals surface area contributed by atoms with E-state index in [1.807, 2.05) is 13.8 Å². The van der Waals surface area contributed by atoms with E-state index in [2.05, 4.69) is 0 Å². The third-order valence-corrected chi connectivity index (χ3v) is 2.10. The molecule has 1 aromatic carbocycles. The number of hydrogen-bond donors (Lipinski definition) is 0. The fourth-order valence-corrected chi connectivity index (χ4v) is 1.37. The molecule has 0 atom stereocenters. The first kappa shape index (κ1) is 12.0. The van der Waals surface area contributed by atoms with Gasteiger partial charge in [0.2, 0.25) is 0 Å². The Morgan fingerprint density at radius 1 is 1.40 bits per heavy atom. The minimum absolute atomic E-state index is 0.162. The van der Waals surface area contributed by atoms with Crippen molar-refractivity contribution in [3.63, 3.8) is 0 Å². The molecular formula is C11H11ClF2O. The Kier molecular flexibility index (Phi) is 4.09. The van der Waals surface area contributed by atoms with E-state index in [1.165, 1.54) is 0 Å². The van der Waals surface area contributed by atoms with E-state index in [4.69, 9.17) is 16.3 Å². The van der Waals surface area contributed by atoms with Crippen LogP contribution in [0, 0.1) is 0 Å².